The van der Waals surface area contributed by atoms with Gasteiger partial charge in [-0.15, -0.1) is 0 Å². The van der Waals surface area contributed by atoms with Gasteiger partial charge >= 0.3 is 0 Å². The molecule has 17 heavy (non-hydrogen) atoms. The molecule has 0 unspecified atom stereocenters. The molecule has 1 aromatic carbocycles. The fraction of sp³-hybridized carbons (Fsp3) is 0. The molecule has 0 aliphatic rings. The summed E-state index contributed by atoms with van der Waals surface area (Å²) in [7, 11) is 0. The molecule has 1 aromatic heterocycles. The second-order valence-electron chi connectivity index (χ2n) is 3.33. The summed E-state index contributed by atoms with van der Waals surface area (Å²) in [5.41, 5.74) is 0.239. The molecule has 0 atom stereocenters. The van der Waals surface area contributed by atoms with E-state index in [0.29, 0.717) is 21.2 Å². The van der Waals surface area contributed by atoms with Gasteiger partial charge in [-0.05, 0) is 23.8 Å². The number of pyridine rings is 1. The maximum Gasteiger partial charge on any atom is 0.250 e. The molecule has 0 aliphatic carbocycles. The average Bonchev–Trinajstić information content (AvgIpc) is 2.22. The van der Waals surface area contributed by atoms with Crippen LogP contribution < -0.4 is 5.56 Å². The van der Waals surface area contributed by atoms with Crippen LogP contribution in [0.25, 0.3) is 11.1 Å². The van der Waals surface area contributed by atoms with Crippen molar-refractivity contribution in [3.05, 3.63) is 55.6 Å². The molecule has 2 rings (SSSR count). The quantitative estimate of drug-likeness (QED) is 0.622. The second-order valence-corrected chi connectivity index (χ2v) is 4.55. The molecule has 1 heterocycles. The Morgan fingerprint density at radius 1 is 0.941 bits per heavy atom. The van der Waals surface area contributed by atoms with Gasteiger partial charge in [0.15, 0.2) is 5.95 Å². The summed E-state index contributed by atoms with van der Waals surface area (Å²) in [6, 6.07) is 5.32. The van der Waals surface area contributed by atoms with Gasteiger partial charge in [0.25, 0.3) is 5.56 Å². The van der Waals surface area contributed by atoms with E-state index in [9.17, 15) is 9.18 Å². The van der Waals surface area contributed by atoms with Gasteiger partial charge < -0.3 is 0 Å². The Hall–Kier alpha value is -1.03. The molecule has 0 fully saturated rings. The second kappa shape index (κ2) is 4.69. The van der Waals surface area contributed by atoms with Crippen molar-refractivity contribution in [2.75, 3.05) is 0 Å². The molecular weight excluding hydrogens is 287 g/mol. The first-order chi connectivity index (χ1) is 7.97. The zero-order valence-electron chi connectivity index (χ0n) is 8.23. The third-order valence-electron chi connectivity index (χ3n) is 2.13. The van der Waals surface area contributed by atoms with Crippen molar-refractivity contribution >= 4 is 34.8 Å². The number of nitrogens with one attached hydrogen (secondary N) is 1. The van der Waals surface area contributed by atoms with Gasteiger partial charge in [-0.25, -0.2) is 0 Å². The Labute approximate surface area is 111 Å². The Bertz CT molecular complexity index is 639. The molecule has 2 nitrogen and oxygen atoms in total. The molecule has 0 amide bonds. The van der Waals surface area contributed by atoms with Gasteiger partial charge in [0.2, 0.25) is 0 Å². The summed E-state index contributed by atoms with van der Waals surface area (Å²) in [5.74, 6) is -0.741. The molecule has 2 aromatic rings. The monoisotopic (exact) mass is 291 g/mol. The van der Waals surface area contributed by atoms with Gasteiger partial charge in [0.05, 0.1) is 10.0 Å². The van der Waals surface area contributed by atoms with Crippen molar-refractivity contribution in [1.82, 2.24) is 4.98 Å². The summed E-state index contributed by atoms with van der Waals surface area (Å²) < 4.78 is 13.1. The summed E-state index contributed by atoms with van der Waals surface area (Å²) in [4.78, 5) is 13.2. The van der Waals surface area contributed by atoms with E-state index in [-0.39, 0.29) is 5.02 Å². The molecule has 0 saturated heterocycles. The van der Waals surface area contributed by atoms with Gasteiger partial charge in [0, 0.05) is 16.7 Å². The summed E-state index contributed by atoms with van der Waals surface area (Å²) in [6.45, 7) is 0. The minimum atomic E-state index is -0.741. The third-order valence-corrected chi connectivity index (χ3v) is 3.17. The number of benzene rings is 1. The Kier molecular flexibility index (Phi) is 3.43. The highest BCUT2D eigenvalue weighted by Gasteiger charge is 2.09. The lowest BCUT2D eigenvalue weighted by Crippen LogP contribution is -2.06. The highest BCUT2D eigenvalue weighted by Crippen LogP contribution is 2.34. The van der Waals surface area contributed by atoms with E-state index in [2.05, 4.69) is 0 Å². The fourth-order valence-electron chi connectivity index (χ4n) is 1.41. The number of hydrogen-bond donors (Lipinski definition) is 1. The van der Waals surface area contributed by atoms with Crippen LogP contribution in [-0.4, -0.2) is 4.98 Å². The van der Waals surface area contributed by atoms with Crippen LogP contribution in [0.2, 0.25) is 15.1 Å². The summed E-state index contributed by atoms with van der Waals surface area (Å²) >= 11 is 17.6. The number of rotatable bonds is 1. The predicted molar refractivity (Wildman–Crippen MR) is 67.5 cm³/mol. The van der Waals surface area contributed by atoms with Crippen LogP contribution in [0.3, 0.4) is 0 Å². The molecule has 0 radical (unpaired) electrons. The number of hydrogen-bond acceptors (Lipinski definition) is 1. The van der Waals surface area contributed by atoms with Gasteiger partial charge in [-0.2, -0.15) is 4.39 Å². The van der Waals surface area contributed by atoms with Crippen LogP contribution in [0.4, 0.5) is 4.39 Å². The van der Waals surface area contributed by atoms with Crippen molar-refractivity contribution in [2.24, 2.45) is 0 Å². The zero-order valence-corrected chi connectivity index (χ0v) is 10.5. The molecule has 0 saturated carbocycles. The molecule has 0 aliphatic heterocycles. The molecular formula is C11H5Cl3FNO. The first-order valence-corrected chi connectivity index (χ1v) is 5.65. The lowest BCUT2D eigenvalue weighted by molar-refractivity contribution is 0.580. The molecule has 6 heteroatoms. The lowest BCUT2D eigenvalue weighted by atomic mass is 10.1. The van der Waals surface area contributed by atoms with E-state index < -0.39 is 11.5 Å². The molecule has 1 N–H and O–H groups in total. The van der Waals surface area contributed by atoms with Crippen molar-refractivity contribution in [1.29, 1.82) is 0 Å². The molecule has 0 bridgehead atoms. The maximum atomic E-state index is 13.1. The highest BCUT2D eigenvalue weighted by molar-refractivity contribution is 6.44. The first kappa shape index (κ1) is 12.4. The normalized spacial score (nSPS) is 10.6. The van der Waals surface area contributed by atoms with Crippen molar-refractivity contribution in [3.63, 3.8) is 0 Å². The molecule has 0 spiro atoms. The number of halogens is 4. The smallest absolute Gasteiger partial charge is 0.250 e. The van der Waals surface area contributed by atoms with E-state index in [1.54, 1.807) is 0 Å². The van der Waals surface area contributed by atoms with Crippen LogP contribution in [0.5, 0.6) is 0 Å². The van der Waals surface area contributed by atoms with Crippen LogP contribution in [0.1, 0.15) is 0 Å². The largest absolute Gasteiger partial charge is 0.299 e. The van der Waals surface area contributed by atoms with E-state index >= 15 is 0 Å². The topological polar surface area (TPSA) is 32.9 Å². The van der Waals surface area contributed by atoms with E-state index in [4.69, 9.17) is 34.8 Å². The maximum absolute atomic E-state index is 13.1. The third kappa shape index (κ3) is 2.63. The minimum absolute atomic E-state index is 0.284. The van der Waals surface area contributed by atoms with Crippen LogP contribution in [0, 0.1) is 5.95 Å². The Morgan fingerprint density at radius 2 is 1.59 bits per heavy atom. The zero-order chi connectivity index (χ0) is 12.6. The van der Waals surface area contributed by atoms with Gasteiger partial charge in [-0.3, -0.25) is 9.78 Å². The SMILES string of the molecule is O=c1cc(-c2cc(Cl)c(Cl)cc2Cl)cc(F)[nH]1. The van der Waals surface area contributed by atoms with E-state index in [0.717, 1.165) is 6.07 Å². The Morgan fingerprint density at radius 3 is 2.24 bits per heavy atom. The highest BCUT2D eigenvalue weighted by atomic mass is 35.5. The lowest BCUT2D eigenvalue weighted by Gasteiger charge is -2.06. The summed E-state index contributed by atoms with van der Waals surface area (Å²) in [6.07, 6.45) is 0. The molecule has 88 valence electrons. The number of H-pyrrole nitrogens is 1. The summed E-state index contributed by atoms with van der Waals surface area (Å²) in [5, 5.41) is 0.877. The Balaban J connectivity index is 2.68. The standard InChI is InChI=1S/C11H5Cl3FNO/c12-7-4-9(14)8(13)3-6(7)5-1-10(15)16-11(17)2-5/h1-4H,(H,16,17). The van der Waals surface area contributed by atoms with Crippen molar-refractivity contribution in [3.8, 4) is 11.1 Å². The number of aromatic amines is 1. The predicted octanol–water partition coefficient (Wildman–Crippen LogP) is 4.14. The van der Waals surface area contributed by atoms with Gasteiger partial charge in [0.1, 0.15) is 0 Å². The van der Waals surface area contributed by atoms with Crippen molar-refractivity contribution < 1.29 is 4.39 Å². The minimum Gasteiger partial charge on any atom is -0.299 e. The van der Waals surface area contributed by atoms with E-state index in [1.165, 1.54) is 18.2 Å². The first-order valence-electron chi connectivity index (χ1n) is 4.52. The van der Waals surface area contributed by atoms with Crippen LogP contribution >= 0.6 is 34.8 Å². The number of aromatic nitrogens is 1. The van der Waals surface area contributed by atoms with Crippen LogP contribution in [0.15, 0.2) is 29.1 Å². The van der Waals surface area contributed by atoms with Crippen LogP contribution in [-0.2, 0) is 0 Å². The average molecular weight is 293 g/mol. The van der Waals surface area contributed by atoms with Gasteiger partial charge in [-0.1, -0.05) is 34.8 Å². The van der Waals surface area contributed by atoms with E-state index in [1.807, 2.05) is 4.98 Å². The van der Waals surface area contributed by atoms with Crippen molar-refractivity contribution in [2.45, 2.75) is 0 Å². The fourth-order valence-corrected chi connectivity index (χ4v) is 2.06.